The second-order valence-electron chi connectivity index (χ2n) is 9.84. The van der Waals surface area contributed by atoms with Crippen LogP contribution in [0.4, 0.5) is 13.2 Å². The molecule has 0 atom stereocenters. The molecular weight excluding hydrogens is 365 g/mol. The van der Waals surface area contributed by atoms with Crippen molar-refractivity contribution in [2.75, 3.05) is 0 Å². The average Bonchev–Trinajstić information content (AvgIpc) is 2.62. The minimum atomic E-state index is -4.39. The highest BCUT2D eigenvalue weighted by atomic mass is 19.4. The Bertz CT molecular complexity index is 775. The number of hydrogen-bond acceptors (Lipinski definition) is 2. The van der Waals surface area contributed by atoms with Crippen molar-refractivity contribution in [1.29, 1.82) is 0 Å². The van der Waals surface area contributed by atoms with Crippen LogP contribution in [0.15, 0.2) is 24.3 Å². The summed E-state index contributed by atoms with van der Waals surface area (Å²) in [4.78, 5) is 13.1. The highest BCUT2D eigenvalue weighted by molar-refractivity contribution is 5.90. The minimum absolute atomic E-state index is 0.0643. The first-order valence-corrected chi connectivity index (χ1v) is 10.4. The average molecular weight is 392 g/mol. The number of rotatable bonds is 3. The lowest BCUT2D eigenvalue weighted by Crippen LogP contribution is -2.79. The predicted octanol–water partition coefficient (Wildman–Crippen LogP) is 4.87. The molecule has 0 spiro atoms. The summed E-state index contributed by atoms with van der Waals surface area (Å²) in [6.07, 6.45) is 1.65. The minimum Gasteiger partial charge on any atom is -0.271 e. The van der Waals surface area contributed by atoms with Crippen LogP contribution in [-0.2, 0) is 17.5 Å². The largest absolute Gasteiger partial charge is 0.416 e. The van der Waals surface area contributed by atoms with Crippen molar-refractivity contribution < 1.29 is 18.0 Å². The third-order valence-electron chi connectivity index (χ3n) is 7.74. The van der Waals surface area contributed by atoms with Gasteiger partial charge in [0.2, 0.25) is 0 Å². The molecule has 1 amide bonds. The molecule has 0 aromatic heterocycles. The van der Waals surface area contributed by atoms with Crippen LogP contribution in [0, 0.1) is 23.7 Å². The van der Waals surface area contributed by atoms with E-state index in [1.807, 2.05) is 23.9 Å². The van der Waals surface area contributed by atoms with Gasteiger partial charge in [0.25, 0.3) is 5.91 Å². The summed E-state index contributed by atoms with van der Waals surface area (Å²) in [6.45, 7) is 3.79. The molecule has 5 fully saturated rings. The Hall–Kier alpha value is -1.56. The summed E-state index contributed by atoms with van der Waals surface area (Å²) in [6, 6.07) is 5.92. The zero-order chi connectivity index (χ0) is 19.8. The molecule has 4 saturated carbocycles. The monoisotopic (exact) mass is 392 g/mol. The van der Waals surface area contributed by atoms with Crippen LogP contribution in [-0.4, -0.2) is 27.5 Å². The van der Waals surface area contributed by atoms with Crippen molar-refractivity contribution in [2.45, 2.75) is 70.3 Å². The fraction of sp³-hybridized carbons (Fsp3) is 0.682. The van der Waals surface area contributed by atoms with Gasteiger partial charge < -0.3 is 0 Å². The van der Waals surface area contributed by atoms with Crippen LogP contribution in [0.3, 0.4) is 0 Å². The van der Waals surface area contributed by atoms with Gasteiger partial charge >= 0.3 is 6.18 Å². The standard InChI is InChI=1S/C22H27F3N2O/c1-21(2)20(28)27(19-16-8-13-7-14(10-16)11-17(19)9-13)26(21)12-15-5-3-4-6-18(15)22(23,24)25/h3-6,13-14,16-17,19H,7-12H2,1-2H3. The fourth-order valence-corrected chi connectivity index (χ4v) is 6.69. The molecule has 1 saturated heterocycles. The van der Waals surface area contributed by atoms with Crippen molar-refractivity contribution in [3.8, 4) is 0 Å². The van der Waals surface area contributed by atoms with Gasteiger partial charge in [0.1, 0.15) is 5.54 Å². The van der Waals surface area contributed by atoms with Crippen LogP contribution in [0.1, 0.15) is 57.1 Å². The van der Waals surface area contributed by atoms with Gasteiger partial charge in [-0.25, -0.2) is 0 Å². The Morgan fingerprint density at radius 3 is 2.14 bits per heavy atom. The normalized spacial score (nSPS) is 36.7. The molecule has 0 N–H and O–H groups in total. The SMILES string of the molecule is CC1(C)C(=O)N(C2C3CC4CC(C3)CC2C4)N1Cc1ccccc1C(F)(F)F. The van der Waals surface area contributed by atoms with Gasteiger partial charge in [-0.1, -0.05) is 18.2 Å². The Balaban J connectivity index is 1.45. The highest BCUT2D eigenvalue weighted by Crippen LogP contribution is 2.57. The smallest absolute Gasteiger partial charge is 0.271 e. The number of amides is 1. The number of carbonyl (C=O) groups is 1. The van der Waals surface area contributed by atoms with Crippen LogP contribution < -0.4 is 0 Å². The van der Waals surface area contributed by atoms with E-state index in [-0.39, 0.29) is 24.1 Å². The van der Waals surface area contributed by atoms with E-state index in [1.165, 1.54) is 44.2 Å². The topological polar surface area (TPSA) is 23.6 Å². The lowest BCUT2D eigenvalue weighted by Gasteiger charge is -2.65. The molecule has 28 heavy (non-hydrogen) atoms. The Morgan fingerprint density at radius 1 is 1.00 bits per heavy atom. The molecule has 0 radical (unpaired) electrons. The second kappa shape index (κ2) is 5.97. The summed E-state index contributed by atoms with van der Waals surface area (Å²) < 4.78 is 40.4. The molecule has 0 unspecified atom stereocenters. The van der Waals surface area contributed by atoms with Crippen molar-refractivity contribution in [2.24, 2.45) is 23.7 Å². The molecule has 1 heterocycles. The molecule has 3 nitrogen and oxygen atoms in total. The number of hydrogen-bond donors (Lipinski definition) is 0. The van der Waals surface area contributed by atoms with Gasteiger partial charge in [-0.15, -0.1) is 0 Å². The number of nitrogens with zero attached hydrogens (tertiary/aromatic N) is 2. The number of alkyl halides is 3. The van der Waals surface area contributed by atoms with Gasteiger partial charge in [0.05, 0.1) is 11.6 Å². The summed E-state index contributed by atoms with van der Waals surface area (Å²) >= 11 is 0. The Labute approximate surface area is 163 Å². The molecule has 6 heteroatoms. The highest BCUT2D eigenvalue weighted by Gasteiger charge is 2.61. The number of benzene rings is 1. The quantitative estimate of drug-likeness (QED) is 0.733. The summed E-state index contributed by atoms with van der Waals surface area (Å²) in [5, 5.41) is 3.77. The maximum atomic E-state index is 13.5. The maximum Gasteiger partial charge on any atom is 0.416 e. The van der Waals surface area contributed by atoms with Crippen molar-refractivity contribution in [1.82, 2.24) is 10.0 Å². The Morgan fingerprint density at radius 2 is 1.57 bits per heavy atom. The molecule has 4 aliphatic carbocycles. The van der Waals surface area contributed by atoms with E-state index in [4.69, 9.17) is 0 Å². The molecule has 1 aliphatic heterocycles. The van der Waals surface area contributed by atoms with E-state index in [1.54, 1.807) is 6.07 Å². The lowest BCUT2D eigenvalue weighted by atomic mass is 9.53. The van der Waals surface area contributed by atoms with Crippen LogP contribution in [0.2, 0.25) is 0 Å². The van der Waals surface area contributed by atoms with E-state index in [0.717, 1.165) is 17.9 Å². The molecule has 1 aromatic carbocycles. The zero-order valence-corrected chi connectivity index (χ0v) is 16.4. The zero-order valence-electron chi connectivity index (χ0n) is 16.4. The molecule has 152 valence electrons. The van der Waals surface area contributed by atoms with Crippen molar-refractivity contribution in [3.63, 3.8) is 0 Å². The summed E-state index contributed by atoms with van der Waals surface area (Å²) in [5.74, 6) is 2.67. The molecule has 4 bridgehead atoms. The van der Waals surface area contributed by atoms with Gasteiger partial charge in [-0.2, -0.15) is 18.2 Å². The number of carbonyl (C=O) groups excluding carboxylic acids is 1. The van der Waals surface area contributed by atoms with Crippen LogP contribution in [0.25, 0.3) is 0 Å². The van der Waals surface area contributed by atoms with Crippen molar-refractivity contribution >= 4 is 5.91 Å². The molecule has 5 aliphatic rings. The van der Waals surface area contributed by atoms with E-state index < -0.39 is 17.3 Å². The third kappa shape index (κ3) is 2.63. The predicted molar refractivity (Wildman–Crippen MR) is 98.7 cm³/mol. The Kier molecular flexibility index (Phi) is 3.94. The van der Waals surface area contributed by atoms with Gasteiger partial charge in [0.15, 0.2) is 0 Å². The van der Waals surface area contributed by atoms with E-state index >= 15 is 0 Å². The first-order valence-electron chi connectivity index (χ1n) is 10.4. The molecular formula is C22H27F3N2O. The lowest BCUT2D eigenvalue weighted by molar-refractivity contribution is -0.252. The first-order chi connectivity index (χ1) is 13.2. The summed E-state index contributed by atoms with van der Waals surface area (Å²) in [7, 11) is 0. The first kappa shape index (κ1) is 18.5. The van der Waals surface area contributed by atoms with E-state index in [9.17, 15) is 18.0 Å². The summed E-state index contributed by atoms with van der Waals surface area (Å²) in [5.41, 5.74) is -1.12. The maximum absolute atomic E-state index is 13.5. The van der Waals surface area contributed by atoms with Gasteiger partial charge in [-0.3, -0.25) is 9.80 Å². The van der Waals surface area contributed by atoms with Crippen LogP contribution in [0.5, 0.6) is 0 Å². The van der Waals surface area contributed by atoms with E-state index in [2.05, 4.69) is 0 Å². The van der Waals surface area contributed by atoms with Gasteiger partial charge in [0, 0.05) is 6.54 Å². The second-order valence-corrected chi connectivity index (χ2v) is 9.84. The van der Waals surface area contributed by atoms with Crippen LogP contribution >= 0.6 is 0 Å². The molecule has 1 aromatic rings. The number of hydrazine groups is 1. The van der Waals surface area contributed by atoms with E-state index in [0.29, 0.717) is 11.8 Å². The fourth-order valence-electron chi connectivity index (χ4n) is 6.69. The number of halogens is 3. The van der Waals surface area contributed by atoms with Gasteiger partial charge in [-0.05, 0) is 81.3 Å². The third-order valence-corrected chi connectivity index (χ3v) is 7.74. The molecule has 6 rings (SSSR count). The van der Waals surface area contributed by atoms with Crippen molar-refractivity contribution in [3.05, 3.63) is 35.4 Å².